The Balaban J connectivity index is 2.87. The second-order valence-corrected chi connectivity index (χ2v) is 2.96. The fourth-order valence-electron chi connectivity index (χ4n) is 1.36. The summed E-state index contributed by atoms with van der Waals surface area (Å²) in [5, 5.41) is 9.33. The zero-order valence-corrected chi connectivity index (χ0v) is 7.44. The van der Waals surface area contributed by atoms with E-state index < -0.39 is 5.97 Å². The number of carbonyl (C=O) groups is 1. The number of carboxylic acid groups (broad SMARTS) is 1. The number of anilines is 1. The van der Waals surface area contributed by atoms with E-state index in [1.807, 2.05) is 6.92 Å². The SMILES string of the molecule is Cc1ccnc2oc(C(=O)O)c(N)c12. The maximum Gasteiger partial charge on any atom is 0.374 e. The number of nitrogen functional groups attached to an aromatic ring is 1. The number of hydrogen-bond acceptors (Lipinski definition) is 4. The van der Waals surface area contributed by atoms with Gasteiger partial charge in [0.1, 0.15) is 0 Å². The van der Waals surface area contributed by atoms with Crippen molar-refractivity contribution in [3.63, 3.8) is 0 Å². The van der Waals surface area contributed by atoms with Crippen molar-refractivity contribution in [3.8, 4) is 0 Å². The summed E-state index contributed by atoms with van der Waals surface area (Å²) in [4.78, 5) is 14.6. The molecule has 0 saturated heterocycles. The van der Waals surface area contributed by atoms with Gasteiger partial charge in [-0.15, -0.1) is 0 Å². The van der Waals surface area contributed by atoms with Gasteiger partial charge in [0, 0.05) is 6.20 Å². The van der Waals surface area contributed by atoms with E-state index in [9.17, 15) is 4.79 Å². The summed E-state index contributed by atoms with van der Waals surface area (Å²) >= 11 is 0. The number of hydrogen-bond donors (Lipinski definition) is 2. The molecule has 0 aliphatic carbocycles. The molecule has 0 fully saturated rings. The van der Waals surface area contributed by atoms with Gasteiger partial charge in [-0.25, -0.2) is 9.78 Å². The van der Waals surface area contributed by atoms with Crippen LogP contribution in [0.1, 0.15) is 16.1 Å². The Morgan fingerprint density at radius 2 is 2.36 bits per heavy atom. The van der Waals surface area contributed by atoms with Crippen LogP contribution >= 0.6 is 0 Å². The van der Waals surface area contributed by atoms with Gasteiger partial charge in [-0.05, 0) is 18.6 Å². The zero-order chi connectivity index (χ0) is 10.3. The Labute approximate surface area is 79.2 Å². The molecule has 0 aromatic carbocycles. The topological polar surface area (TPSA) is 89.3 Å². The highest BCUT2D eigenvalue weighted by atomic mass is 16.4. The molecule has 2 aromatic heterocycles. The number of pyridine rings is 1. The summed E-state index contributed by atoms with van der Waals surface area (Å²) in [6.45, 7) is 1.82. The maximum absolute atomic E-state index is 10.7. The second-order valence-electron chi connectivity index (χ2n) is 2.96. The largest absolute Gasteiger partial charge is 0.475 e. The van der Waals surface area contributed by atoms with Crippen molar-refractivity contribution in [2.45, 2.75) is 6.92 Å². The van der Waals surface area contributed by atoms with Gasteiger partial charge >= 0.3 is 5.97 Å². The highest BCUT2D eigenvalue weighted by molar-refractivity contribution is 6.02. The van der Waals surface area contributed by atoms with E-state index in [4.69, 9.17) is 15.3 Å². The first kappa shape index (κ1) is 8.55. The lowest BCUT2D eigenvalue weighted by Gasteiger charge is -1.93. The average molecular weight is 192 g/mol. The lowest BCUT2D eigenvalue weighted by atomic mass is 10.2. The number of aromatic nitrogens is 1. The Kier molecular flexibility index (Phi) is 1.67. The van der Waals surface area contributed by atoms with Crippen molar-refractivity contribution in [2.75, 3.05) is 5.73 Å². The van der Waals surface area contributed by atoms with Crippen LogP contribution in [-0.2, 0) is 0 Å². The van der Waals surface area contributed by atoms with Gasteiger partial charge in [-0.3, -0.25) is 0 Å². The fraction of sp³-hybridized carbons (Fsp3) is 0.111. The lowest BCUT2D eigenvalue weighted by Crippen LogP contribution is -1.98. The standard InChI is InChI=1S/C9H8N2O3/c1-4-2-3-11-8-5(4)6(10)7(14-8)9(12)13/h2-3H,10H2,1H3,(H,12,13). The van der Waals surface area contributed by atoms with Crippen LogP contribution in [0.2, 0.25) is 0 Å². The maximum atomic E-state index is 10.7. The van der Waals surface area contributed by atoms with Gasteiger partial charge in [-0.1, -0.05) is 0 Å². The molecule has 0 saturated carbocycles. The van der Waals surface area contributed by atoms with Gasteiger partial charge in [-0.2, -0.15) is 0 Å². The normalized spacial score (nSPS) is 10.6. The van der Waals surface area contributed by atoms with Gasteiger partial charge in [0.05, 0.1) is 11.1 Å². The van der Waals surface area contributed by atoms with Gasteiger partial charge < -0.3 is 15.3 Å². The molecule has 0 radical (unpaired) electrons. The monoisotopic (exact) mass is 192 g/mol. The number of nitrogens with two attached hydrogens (primary N) is 1. The minimum absolute atomic E-state index is 0.137. The molecule has 0 aliphatic heterocycles. The van der Waals surface area contributed by atoms with Gasteiger partial charge in [0.2, 0.25) is 11.5 Å². The quantitative estimate of drug-likeness (QED) is 0.713. The summed E-state index contributed by atoms with van der Waals surface area (Å²) in [6.07, 6.45) is 1.55. The van der Waals surface area contributed by atoms with E-state index in [-0.39, 0.29) is 17.2 Å². The molecule has 2 heterocycles. The molecule has 72 valence electrons. The molecule has 5 heteroatoms. The molecule has 0 spiro atoms. The van der Waals surface area contributed by atoms with Crippen LogP contribution in [0, 0.1) is 6.92 Å². The summed E-state index contributed by atoms with van der Waals surface area (Å²) in [6, 6.07) is 1.75. The van der Waals surface area contributed by atoms with E-state index in [1.54, 1.807) is 12.3 Å². The van der Waals surface area contributed by atoms with E-state index in [2.05, 4.69) is 4.98 Å². The van der Waals surface area contributed by atoms with Crippen molar-refractivity contribution >= 4 is 22.8 Å². The predicted molar refractivity (Wildman–Crippen MR) is 50.1 cm³/mol. The first-order chi connectivity index (χ1) is 6.61. The summed E-state index contributed by atoms with van der Waals surface area (Å²) < 4.78 is 5.01. The predicted octanol–water partition coefficient (Wildman–Crippen LogP) is 1.42. The average Bonchev–Trinajstić information content (AvgIpc) is 2.45. The molecule has 2 aromatic rings. The third-order valence-corrected chi connectivity index (χ3v) is 2.03. The lowest BCUT2D eigenvalue weighted by molar-refractivity contribution is 0.0666. The second kappa shape index (κ2) is 2.73. The number of aryl methyl sites for hydroxylation is 1. The Bertz CT molecular complexity index is 516. The van der Waals surface area contributed by atoms with E-state index in [0.717, 1.165) is 5.56 Å². The van der Waals surface area contributed by atoms with E-state index >= 15 is 0 Å². The third kappa shape index (κ3) is 1.02. The Morgan fingerprint density at radius 1 is 1.64 bits per heavy atom. The molecule has 5 nitrogen and oxygen atoms in total. The summed E-state index contributed by atoms with van der Waals surface area (Å²) in [7, 11) is 0. The number of rotatable bonds is 1. The minimum Gasteiger partial charge on any atom is -0.475 e. The van der Waals surface area contributed by atoms with Crippen LogP contribution in [0.4, 0.5) is 5.69 Å². The van der Waals surface area contributed by atoms with Crippen molar-refractivity contribution in [2.24, 2.45) is 0 Å². The van der Waals surface area contributed by atoms with E-state index in [0.29, 0.717) is 5.39 Å². The summed E-state index contributed by atoms with van der Waals surface area (Å²) in [5.74, 6) is -1.43. The zero-order valence-electron chi connectivity index (χ0n) is 7.44. The highest BCUT2D eigenvalue weighted by Crippen LogP contribution is 2.29. The van der Waals surface area contributed by atoms with Crippen LogP contribution in [0.5, 0.6) is 0 Å². The first-order valence-electron chi connectivity index (χ1n) is 3.98. The Morgan fingerprint density at radius 3 is 2.93 bits per heavy atom. The van der Waals surface area contributed by atoms with Crippen molar-refractivity contribution in [1.29, 1.82) is 0 Å². The van der Waals surface area contributed by atoms with Crippen LogP contribution in [0.15, 0.2) is 16.7 Å². The van der Waals surface area contributed by atoms with Crippen molar-refractivity contribution < 1.29 is 14.3 Å². The summed E-state index contributed by atoms with van der Waals surface area (Å²) in [5.41, 5.74) is 6.88. The molecule has 0 aliphatic rings. The molecule has 0 bridgehead atoms. The molecule has 0 atom stereocenters. The van der Waals surface area contributed by atoms with Crippen LogP contribution < -0.4 is 5.73 Å². The fourth-order valence-corrected chi connectivity index (χ4v) is 1.36. The number of nitrogens with zero attached hydrogens (tertiary/aromatic N) is 1. The molecule has 3 N–H and O–H groups in total. The molecular weight excluding hydrogens is 184 g/mol. The number of carboxylic acids is 1. The number of aromatic carboxylic acids is 1. The first-order valence-corrected chi connectivity index (χ1v) is 3.98. The molecular formula is C9H8N2O3. The third-order valence-electron chi connectivity index (χ3n) is 2.03. The number of fused-ring (bicyclic) bond motifs is 1. The van der Waals surface area contributed by atoms with Crippen LogP contribution in [0.3, 0.4) is 0 Å². The number of furan rings is 1. The van der Waals surface area contributed by atoms with Gasteiger partial charge in [0.25, 0.3) is 0 Å². The molecule has 0 unspecified atom stereocenters. The van der Waals surface area contributed by atoms with E-state index in [1.165, 1.54) is 0 Å². The minimum atomic E-state index is -1.18. The van der Waals surface area contributed by atoms with Gasteiger partial charge in [0.15, 0.2) is 0 Å². The molecule has 0 amide bonds. The van der Waals surface area contributed by atoms with Crippen LogP contribution in [0.25, 0.3) is 11.1 Å². The Hall–Kier alpha value is -2.04. The highest BCUT2D eigenvalue weighted by Gasteiger charge is 2.19. The molecule has 14 heavy (non-hydrogen) atoms. The van der Waals surface area contributed by atoms with Crippen molar-refractivity contribution in [3.05, 3.63) is 23.6 Å². The van der Waals surface area contributed by atoms with Crippen LogP contribution in [-0.4, -0.2) is 16.1 Å². The van der Waals surface area contributed by atoms with Crippen molar-refractivity contribution in [1.82, 2.24) is 4.98 Å². The molecule has 2 rings (SSSR count). The smallest absolute Gasteiger partial charge is 0.374 e.